The zero-order valence-electron chi connectivity index (χ0n) is 12.5. The fraction of sp³-hybridized carbons (Fsp3) is 0.647. The lowest BCUT2D eigenvalue weighted by Crippen LogP contribution is -2.40. The molecule has 1 saturated heterocycles. The molecule has 1 aromatic carbocycles. The first-order valence-corrected chi connectivity index (χ1v) is 7.58. The third-order valence-electron chi connectivity index (χ3n) is 4.20. The topological polar surface area (TPSA) is 38.7 Å². The maximum absolute atomic E-state index is 9.33. The lowest BCUT2D eigenvalue weighted by Gasteiger charge is -2.36. The van der Waals surface area contributed by atoms with E-state index in [9.17, 15) is 5.11 Å². The van der Waals surface area contributed by atoms with Crippen molar-refractivity contribution in [1.29, 1.82) is 0 Å². The molecule has 0 radical (unpaired) electrons. The Morgan fingerprint density at radius 3 is 2.75 bits per heavy atom. The molecule has 0 amide bonds. The highest BCUT2D eigenvalue weighted by molar-refractivity contribution is 5.13. The van der Waals surface area contributed by atoms with Crippen molar-refractivity contribution in [2.24, 2.45) is 11.8 Å². The third-order valence-corrected chi connectivity index (χ3v) is 4.20. The molecule has 3 heteroatoms. The molecule has 1 heterocycles. The molecule has 1 fully saturated rings. The average Bonchev–Trinajstić information content (AvgIpc) is 2.48. The molecule has 0 unspecified atom stereocenters. The molecule has 3 nitrogen and oxygen atoms in total. The Kier molecular flexibility index (Phi) is 6.02. The van der Waals surface area contributed by atoms with Gasteiger partial charge in [-0.05, 0) is 24.3 Å². The lowest BCUT2D eigenvalue weighted by atomic mass is 9.89. The highest BCUT2D eigenvalue weighted by Gasteiger charge is 2.30. The van der Waals surface area contributed by atoms with Crippen molar-refractivity contribution in [3.8, 4) is 0 Å². The Bertz CT molecular complexity index is 379. The van der Waals surface area contributed by atoms with Gasteiger partial charge >= 0.3 is 0 Å². The van der Waals surface area contributed by atoms with E-state index in [1.54, 1.807) is 0 Å². The lowest BCUT2D eigenvalue weighted by molar-refractivity contribution is -0.127. The van der Waals surface area contributed by atoms with Crippen LogP contribution in [0.4, 0.5) is 0 Å². The molecule has 20 heavy (non-hydrogen) atoms. The molecule has 1 aliphatic rings. The van der Waals surface area contributed by atoms with E-state index in [1.165, 1.54) is 5.56 Å². The number of rotatable bonds is 6. The van der Waals surface area contributed by atoms with Gasteiger partial charge in [0.25, 0.3) is 0 Å². The van der Waals surface area contributed by atoms with Crippen LogP contribution in [0.15, 0.2) is 30.3 Å². The van der Waals surface area contributed by atoms with Crippen molar-refractivity contribution in [2.75, 3.05) is 13.2 Å². The summed E-state index contributed by atoms with van der Waals surface area (Å²) in [4.78, 5) is 0. The van der Waals surface area contributed by atoms with Crippen molar-refractivity contribution in [3.05, 3.63) is 35.9 Å². The summed E-state index contributed by atoms with van der Waals surface area (Å²) < 4.78 is 11.8. The van der Waals surface area contributed by atoms with Gasteiger partial charge in [-0.2, -0.15) is 0 Å². The number of hydrogen-bond donors (Lipinski definition) is 1. The summed E-state index contributed by atoms with van der Waals surface area (Å²) in [6.07, 6.45) is 2.39. The van der Waals surface area contributed by atoms with Crippen molar-refractivity contribution in [2.45, 2.75) is 45.5 Å². The van der Waals surface area contributed by atoms with Crippen LogP contribution in [0.25, 0.3) is 0 Å². The Balaban J connectivity index is 1.73. The van der Waals surface area contributed by atoms with Crippen LogP contribution in [-0.4, -0.2) is 30.5 Å². The van der Waals surface area contributed by atoms with E-state index < -0.39 is 0 Å². The van der Waals surface area contributed by atoms with Crippen molar-refractivity contribution in [3.63, 3.8) is 0 Å². The number of hydrogen-bond acceptors (Lipinski definition) is 3. The second-order valence-electron chi connectivity index (χ2n) is 5.93. The van der Waals surface area contributed by atoms with Crippen LogP contribution in [0, 0.1) is 11.8 Å². The molecule has 4 atom stereocenters. The van der Waals surface area contributed by atoms with E-state index in [4.69, 9.17) is 9.47 Å². The highest BCUT2D eigenvalue weighted by Crippen LogP contribution is 2.28. The Morgan fingerprint density at radius 1 is 1.30 bits per heavy atom. The first-order chi connectivity index (χ1) is 9.70. The van der Waals surface area contributed by atoms with Gasteiger partial charge < -0.3 is 14.6 Å². The quantitative estimate of drug-likeness (QED) is 0.869. The maximum Gasteiger partial charge on any atom is 0.0835 e. The van der Waals surface area contributed by atoms with Gasteiger partial charge in [-0.3, -0.25) is 0 Å². The summed E-state index contributed by atoms with van der Waals surface area (Å²) in [5.74, 6) is 0.814. The van der Waals surface area contributed by atoms with E-state index in [1.807, 2.05) is 18.2 Å². The van der Waals surface area contributed by atoms with Gasteiger partial charge in [0.15, 0.2) is 0 Å². The van der Waals surface area contributed by atoms with E-state index in [0.717, 1.165) is 12.8 Å². The number of ether oxygens (including phenoxy) is 2. The van der Waals surface area contributed by atoms with Gasteiger partial charge in [0.05, 0.1) is 32.0 Å². The van der Waals surface area contributed by atoms with Crippen LogP contribution >= 0.6 is 0 Å². The number of benzene rings is 1. The van der Waals surface area contributed by atoms with E-state index in [0.29, 0.717) is 25.0 Å². The van der Waals surface area contributed by atoms with Gasteiger partial charge in [-0.25, -0.2) is 0 Å². The van der Waals surface area contributed by atoms with Gasteiger partial charge in [0, 0.05) is 5.92 Å². The minimum absolute atomic E-state index is 0.00896. The summed E-state index contributed by atoms with van der Waals surface area (Å²) in [5, 5.41) is 9.33. The van der Waals surface area contributed by atoms with Gasteiger partial charge in [0.2, 0.25) is 0 Å². The predicted molar refractivity (Wildman–Crippen MR) is 79.4 cm³/mol. The molecule has 0 spiro atoms. The molecule has 0 aromatic heterocycles. The summed E-state index contributed by atoms with van der Waals surface area (Å²) in [7, 11) is 0. The minimum Gasteiger partial charge on any atom is -0.394 e. The first kappa shape index (κ1) is 15.5. The molecule has 1 aliphatic heterocycles. The molecule has 1 aromatic rings. The molecular formula is C17H26O3. The van der Waals surface area contributed by atoms with Crippen molar-refractivity contribution < 1.29 is 14.6 Å². The van der Waals surface area contributed by atoms with E-state index in [-0.39, 0.29) is 18.8 Å². The van der Waals surface area contributed by atoms with Crippen LogP contribution in [0.1, 0.15) is 32.3 Å². The van der Waals surface area contributed by atoms with Gasteiger partial charge in [-0.1, -0.05) is 44.2 Å². The van der Waals surface area contributed by atoms with Crippen LogP contribution in [0.3, 0.4) is 0 Å². The highest BCUT2D eigenvalue weighted by atomic mass is 16.5. The standard InChI is InChI=1S/C17H26O3/c1-13-8-9-16(20-17(13)10-18)14(2)11-19-12-15-6-4-3-5-7-15/h3-7,13-14,16-18H,8-12H2,1-2H3/t13-,14-,16+,17-/m0/s1. The molecule has 0 aliphatic carbocycles. The normalized spacial score (nSPS) is 28.2. The van der Waals surface area contributed by atoms with Crippen molar-refractivity contribution in [1.82, 2.24) is 0 Å². The summed E-state index contributed by atoms with van der Waals surface area (Å²) >= 11 is 0. The van der Waals surface area contributed by atoms with Crippen LogP contribution in [0.2, 0.25) is 0 Å². The van der Waals surface area contributed by atoms with Gasteiger partial charge in [-0.15, -0.1) is 0 Å². The van der Waals surface area contributed by atoms with Crippen LogP contribution < -0.4 is 0 Å². The predicted octanol–water partition coefficient (Wildman–Crippen LogP) is 3.02. The minimum atomic E-state index is -0.00896. The Labute approximate surface area is 121 Å². The molecule has 2 rings (SSSR count). The SMILES string of the molecule is C[C@H]1CC[C@H]([C@@H](C)COCc2ccccc2)O[C@H]1CO. The second kappa shape index (κ2) is 7.77. The largest absolute Gasteiger partial charge is 0.394 e. The Morgan fingerprint density at radius 2 is 2.05 bits per heavy atom. The van der Waals surface area contributed by atoms with E-state index in [2.05, 4.69) is 26.0 Å². The zero-order valence-corrected chi connectivity index (χ0v) is 12.5. The summed E-state index contributed by atoms with van der Waals surface area (Å²) in [6, 6.07) is 10.2. The fourth-order valence-corrected chi connectivity index (χ4v) is 2.73. The molecular weight excluding hydrogens is 252 g/mol. The Hall–Kier alpha value is -0.900. The summed E-state index contributed by atoms with van der Waals surface area (Å²) in [6.45, 7) is 5.78. The molecule has 0 saturated carbocycles. The smallest absolute Gasteiger partial charge is 0.0835 e. The molecule has 0 bridgehead atoms. The first-order valence-electron chi connectivity index (χ1n) is 7.58. The summed E-state index contributed by atoms with van der Waals surface area (Å²) in [5.41, 5.74) is 1.20. The van der Waals surface area contributed by atoms with Crippen LogP contribution in [0.5, 0.6) is 0 Å². The second-order valence-corrected chi connectivity index (χ2v) is 5.93. The zero-order chi connectivity index (χ0) is 14.4. The molecule has 1 N–H and O–H groups in total. The van der Waals surface area contributed by atoms with E-state index >= 15 is 0 Å². The van der Waals surface area contributed by atoms with Crippen LogP contribution in [-0.2, 0) is 16.1 Å². The van der Waals surface area contributed by atoms with Gasteiger partial charge in [0.1, 0.15) is 0 Å². The number of aliphatic hydroxyl groups excluding tert-OH is 1. The maximum atomic E-state index is 9.33. The van der Waals surface area contributed by atoms with Crippen molar-refractivity contribution >= 4 is 0 Å². The number of aliphatic hydroxyl groups is 1. The average molecular weight is 278 g/mol. The fourth-order valence-electron chi connectivity index (χ4n) is 2.73. The molecule has 112 valence electrons. The monoisotopic (exact) mass is 278 g/mol. The third kappa shape index (κ3) is 4.30.